The molecule has 0 unspecified atom stereocenters. The first-order chi connectivity index (χ1) is 11.4. The molecule has 2 amide bonds. The second-order valence-corrected chi connectivity index (χ2v) is 6.49. The van der Waals surface area contributed by atoms with Crippen LogP contribution in [0.25, 0.3) is 0 Å². The van der Waals surface area contributed by atoms with Gasteiger partial charge in [0.2, 0.25) is 0 Å². The molecule has 0 bridgehead atoms. The van der Waals surface area contributed by atoms with Crippen LogP contribution in [-0.2, 0) is 0 Å². The fraction of sp³-hybridized carbons (Fsp3) is 0.533. The molecule has 0 spiro atoms. The van der Waals surface area contributed by atoms with E-state index in [1.54, 1.807) is 0 Å². The molecule has 1 fully saturated rings. The van der Waals surface area contributed by atoms with Crippen molar-refractivity contribution in [3.8, 4) is 5.75 Å². The van der Waals surface area contributed by atoms with Crippen LogP contribution in [0.5, 0.6) is 5.75 Å². The molecule has 2 N–H and O–H groups in total. The number of hydrogen-bond acceptors (Lipinski definition) is 4. The van der Waals surface area contributed by atoms with Crippen molar-refractivity contribution in [3.63, 3.8) is 0 Å². The molecule has 0 saturated carbocycles. The molecule has 9 heteroatoms. The van der Waals surface area contributed by atoms with Crippen LogP contribution in [-0.4, -0.2) is 53.1 Å². The van der Waals surface area contributed by atoms with Crippen LogP contribution < -0.4 is 10.1 Å². The lowest BCUT2D eigenvalue weighted by Crippen LogP contribution is -2.46. The number of ether oxygens (including phenoxy) is 1. The molecule has 0 aromatic heterocycles. The van der Waals surface area contributed by atoms with Crippen LogP contribution in [0.4, 0.5) is 23.7 Å². The average Bonchev–Trinajstić information content (AvgIpc) is 2.52. The van der Waals surface area contributed by atoms with Crippen molar-refractivity contribution in [1.82, 2.24) is 4.90 Å². The molecule has 24 heavy (non-hydrogen) atoms. The molecule has 1 heterocycles. The smallest absolute Gasteiger partial charge is 0.406 e. The van der Waals surface area contributed by atoms with Gasteiger partial charge in [-0.3, -0.25) is 0 Å². The summed E-state index contributed by atoms with van der Waals surface area (Å²) in [4.78, 5) is 14.0. The van der Waals surface area contributed by atoms with Crippen molar-refractivity contribution in [2.45, 2.75) is 25.2 Å². The number of rotatable bonds is 5. The average molecular weight is 364 g/mol. The number of nitrogens with zero attached hydrogens (tertiary/aromatic N) is 1. The molecule has 5 nitrogen and oxygen atoms in total. The highest BCUT2D eigenvalue weighted by Gasteiger charge is 2.31. The van der Waals surface area contributed by atoms with E-state index in [4.69, 9.17) is 0 Å². The van der Waals surface area contributed by atoms with E-state index < -0.39 is 18.1 Å². The summed E-state index contributed by atoms with van der Waals surface area (Å²) in [5, 5.41) is 11.8. The standard InChI is InChI=1S/C15H19F3N2O3S/c16-15(17,18)23-13-3-1-2-11(10-13)19-14(22)20(6-7-21)12-4-8-24-9-5-12/h1-3,10,12,21H,4-9H2,(H,19,22). The van der Waals surface area contributed by atoms with Crippen molar-refractivity contribution in [3.05, 3.63) is 24.3 Å². The molecule has 134 valence electrons. The third kappa shape index (κ3) is 5.79. The van der Waals surface area contributed by atoms with Crippen LogP contribution in [0.3, 0.4) is 0 Å². The molecule has 2 rings (SSSR count). The van der Waals surface area contributed by atoms with Gasteiger partial charge in [0.1, 0.15) is 5.75 Å². The quantitative estimate of drug-likeness (QED) is 0.842. The molecule has 1 aromatic rings. The number of hydrogen-bond donors (Lipinski definition) is 2. The number of carbonyl (C=O) groups excluding carboxylic acids is 1. The number of alkyl halides is 3. The summed E-state index contributed by atoms with van der Waals surface area (Å²) in [6.07, 6.45) is -3.13. The predicted molar refractivity (Wildman–Crippen MR) is 86.3 cm³/mol. The van der Waals surface area contributed by atoms with Crippen molar-refractivity contribution < 1.29 is 27.8 Å². The minimum absolute atomic E-state index is 0.0213. The normalized spacial score (nSPS) is 15.8. The Morgan fingerprint density at radius 3 is 2.71 bits per heavy atom. The largest absolute Gasteiger partial charge is 0.573 e. The SMILES string of the molecule is O=C(Nc1cccc(OC(F)(F)F)c1)N(CCO)C1CCSCC1. The van der Waals surface area contributed by atoms with Crippen LogP contribution in [0.2, 0.25) is 0 Å². The number of nitrogens with one attached hydrogen (secondary N) is 1. The van der Waals surface area contributed by atoms with Crippen LogP contribution in [0.15, 0.2) is 24.3 Å². The number of aliphatic hydroxyl groups is 1. The van der Waals surface area contributed by atoms with E-state index in [2.05, 4.69) is 10.1 Å². The Hall–Kier alpha value is -1.61. The van der Waals surface area contributed by atoms with E-state index in [9.17, 15) is 23.1 Å². The zero-order chi connectivity index (χ0) is 17.6. The monoisotopic (exact) mass is 364 g/mol. The van der Waals surface area contributed by atoms with E-state index >= 15 is 0 Å². The summed E-state index contributed by atoms with van der Waals surface area (Å²) in [5.41, 5.74) is 0.204. The third-order valence-electron chi connectivity index (χ3n) is 3.55. The van der Waals surface area contributed by atoms with Crippen LogP contribution in [0.1, 0.15) is 12.8 Å². The lowest BCUT2D eigenvalue weighted by molar-refractivity contribution is -0.274. The molecule has 1 saturated heterocycles. The van der Waals surface area contributed by atoms with Crippen LogP contribution >= 0.6 is 11.8 Å². The second-order valence-electron chi connectivity index (χ2n) is 5.27. The zero-order valence-electron chi connectivity index (χ0n) is 12.9. The zero-order valence-corrected chi connectivity index (χ0v) is 13.7. The van der Waals surface area contributed by atoms with Gasteiger partial charge in [-0.05, 0) is 36.5 Å². The van der Waals surface area contributed by atoms with Gasteiger partial charge in [0.05, 0.1) is 6.61 Å². The third-order valence-corrected chi connectivity index (χ3v) is 4.60. The van der Waals surface area contributed by atoms with E-state index in [1.165, 1.54) is 17.0 Å². The summed E-state index contributed by atoms with van der Waals surface area (Å²) in [7, 11) is 0. The van der Waals surface area contributed by atoms with Gasteiger partial charge >= 0.3 is 12.4 Å². The van der Waals surface area contributed by atoms with Gasteiger partial charge in [-0.2, -0.15) is 11.8 Å². The summed E-state index contributed by atoms with van der Waals surface area (Å²) in [5.74, 6) is 1.48. The second kappa shape index (κ2) is 8.48. The minimum Gasteiger partial charge on any atom is -0.406 e. The molecule has 0 radical (unpaired) electrons. The molecule has 0 atom stereocenters. The topological polar surface area (TPSA) is 61.8 Å². The van der Waals surface area contributed by atoms with Gasteiger partial charge in [-0.1, -0.05) is 6.07 Å². The molecule has 1 aliphatic heterocycles. The van der Waals surface area contributed by atoms with Crippen LogP contribution in [0, 0.1) is 0 Å². The maximum absolute atomic E-state index is 12.4. The number of thioether (sulfide) groups is 1. The predicted octanol–water partition coefficient (Wildman–Crippen LogP) is 3.31. The number of benzene rings is 1. The van der Waals surface area contributed by atoms with Crippen molar-refractivity contribution in [1.29, 1.82) is 0 Å². The van der Waals surface area contributed by atoms with Gasteiger partial charge in [0.25, 0.3) is 0 Å². The minimum atomic E-state index is -4.79. The Bertz CT molecular complexity index is 551. The summed E-state index contributed by atoms with van der Waals surface area (Å²) < 4.78 is 40.6. The van der Waals surface area contributed by atoms with Gasteiger partial charge in [0, 0.05) is 24.3 Å². The van der Waals surface area contributed by atoms with E-state index in [-0.39, 0.29) is 24.9 Å². The first kappa shape index (κ1) is 18.7. The maximum atomic E-state index is 12.4. The number of anilines is 1. The maximum Gasteiger partial charge on any atom is 0.573 e. The lowest BCUT2D eigenvalue weighted by Gasteiger charge is -2.33. The Morgan fingerprint density at radius 2 is 2.08 bits per heavy atom. The highest BCUT2D eigenvalue weighted by atomic mass is 32.2. The summed E-state index contributed by atoms with van der Waals surface area (Å²) >= 11 is 1.81. The first-order valence-electron chi connectivity index (χ1n) is 7.51. The van der Waals surface area contributed by atoms with Gasteiger partial charge < -0.3 is 20.1 Å². The Labute approximate surface area is 142 Å². The van der Waals surface area contributed by atoms with Gasteiger partial charge in [-0.15, -0.1) is 13.2 Å². The van der Waals surface area contributed by atoms with E-state index in [1.807, 2.05) is 11.8 Å². The number of halogens is 3. The number of amides is 2. The summed E-state index contributed by atoms with van der Waals surface area (Å²) in [6.45, 7) is 0.00813. The molecule has 0 aliphatic carbocycles. The Kier molecular flexibility index (Phi) is 6.61. The number of aliphatic hydroxyl groups excluding tert-OH is 1. The lowest BCUT2D eigenvalue weighted by atomic mass is 10.1. The Morgan fingerprint density at radius 1 is 1.38 bits per heavy atom. The van der Waals surface area contributed by atoms with Crippen molar-refractivity contribution in [2.75, 3.05) is 30.0 Å². The molecular formula is C15H19F3N2O3S. The van der Waals surface area contributed by atoms with Gasteiger partial charge in [0.15, 0.2) is 0 Å². The first-order valence-corrected chi connectivity index (χ1v) is 8.66. The van der Waals surface area contributed by atoms with E-state index in [0.29, 0.717) is 0 Å². The highest BCUT2D eigenvalue weighted by Crippen LogP contribution is 2.26. The molecule has 1 aliphatic rings. The Balaban J connectivity index is 2.04. The number of carbonyl (C=O) groups is 1. The fourth-order valence-electron chi connectivity index (χ4n) is 2.52. The van der Waals surface area contributed by atoms with E-state index in [0.717, 1.165) is 36.5 Å². The molecular weight excluding hydrogens is 345 g/mol. The summed E-state index contributed by atoms with van der Waals surface area (Å²) in [6, 6.07) is 4.70. The number of urea groups is 1. The molecule has 1 aromatic carbocycles. The van der Waals surface area contributed by atoms with Gasteiger partial charge in [-0.25, -0.2) is 4.79 Å². The van der Waals surface area contributed by atoms with Crippen molar-refractivity contribution in [2.24, 2.45) is 0 Å². The highest BCUT2D eigenvalue weighted by molar-refractivity contribution is 7.99. The van der Waals surface area contributed by atoms with Crippen molar-refractivity contribution >= 4 is 23.5 Å². The fourth-order valence-corrected chi connectivity index (χ4v) is 3.60.